The molecule has 21 heavy (non-hydrogen) atoms. The first-order chi connectivity index (χ1) is 9.65. The lowest BCUT2D eigenvalue weighted by atomic mass is 10.0. The van der Waals surface area contributed by atoms with E-state index in [9.17, 15) is 8.42 Å². The van der Waals surface area contributed by atoms with Gasteiger partial charge in [0.05, 0.1) is 22.4 Å². The van der Waals surface area contributed by atoms with Gasteiger partial charge in [0, 0.05) is 5.69 Å². The third-order valence-electron chi connectivity index (χ3n) is 4.52. The molecule has 0 radical (unpaired) electrons. The number of nitrogens with zero attached hydrogens (tertiary/aromatic N) is 3. The smallest absolute Gasteiger partial charge is 0.152 e. The highest BCUT2D eigenvalue weighted by atomic mass is 32.2. The van der Waals surface area contributed by atoms with Crippen LogP contribution in [0.1, 0.15) is 30.4 Å². The maximum Gasteiger partial charge on any atom is 0.152 e. The van der Waals surface area contributed by atoms with Gasteiger partial charge in [0.25, 0.3) is 0 Å². The molecule has 1 unspecified atom stereocenters. The summed E-state index contributed by atoms with van der Waals surface area (Å²) in [6, 6.07) is 0. The molecule has 2 N–H and O–H groups in total. The number of hydrogen-bond acceptors (Lipinski definition) is 5. The van der Waals surface area contributed by atoms with Crippen LogP contribution in [0.4, 0.5) is 5.82 Å². The Hall–Kier alpha value is -1.63. The summed E-state index contributed by atoms with van der Waals surface area (Å²) in [4.78, 5) is 8.76. The number of hydrogen-bond donors (Lipinski definition) is 1. The molecule has 7 heteroatoms. The molecule has 1 aliphatic rings. The van der Waals surface area contributed by atoms with Crippen molar-refractivity contribution in [3.05, 3.63) is 17.1 Å². The van der Waals surface area contributed by atoms with Crippen molar-refractivity contribution in [2.75, 3.05) is 17.2 Å². The van der Waals surface area contributed by atoms with Crippen molar-refractivity contribution >= 4 is 26.7 Å². The highest BCUT2D eigenvalue weighted by Gasteiger charge is 2.42. The van der Waals surface area contributed by atoms with E-state index in [4.69, 9.17) is 5.73 Å². The van der Waals surface area contributed by atoms with Crippen LogP contribution in [0.3, 0.4) is 0 Å². The SMILES string of the molecule is Cc1nc(N)c2c(C)c(C)n(C3(C)CCS(=O)(=O)C3)c2n1. The molecule has 1 atom stereocenters. The molecule has 3 heterocycles. The molecule has 0 aliphatic carbocycles. The van der Waals surface area contributed by atoms with Gasteiger partial charge in [0.2, 0.25) is 0 Å². The van der Waals surface area contributed by atoms with Crippen molar-refractivity contribution in [3.8, 4) is 0 Å². The molecule has 0 spiro atoms. The molecule has 114 valence electrons. The average Bonchev–Trinajstić information content (AvgIpc) is 2.75. The third kappa shape index (κ3) is 2.02. The summed E-state index contributed by atoms with van der Waals surface area (Å²) in [5.74, 6) is 1.43. The van der Waals surface area contributed by atoms with Crippen LogP contribution in [0.25, 0.3) is 11.0 Å². The topological polar surface area (TPSA) is 90.9 Å². The molecule has 6 nitrogen and oxygen atoms in total. The van der Waals surface area contributed by atoms with Crippen LogP contribution < -0.4 is 5.73 Å². The van der Waals surface area contributed by atoms with Crippen molar-refractivity contribution in [3.63, 3.8) is 0 Å². The minimum Gasteiger partial charge on any atom is -0.383 e. The summed E-state index contributed by atoms with van der Waals surface area (Å²) >= 11 is 0. The highest BCUT2D eigenvalue weighted by molar-refractivity contribution is 7.91. The first kappa shape index (κ1) is 14.3. The van der Waals surface area contributed by atoms with Gasteiger partial charge in [-0.05, 0) is 39.7 Å². The zero-order valence-electron chi connectivity index (χ0n) is 12.8. The first-order valence-electron chi connectivity index (χ1n) is 6.97. The van der Waals surface area contributed by atoms with E-state index in [1.807, 2.05) is 25.3 Å². The van der Waals surface area contributed by atoms with Crippen LogP contribution in [0, 0.1) is 20.8 Å². The fourth-order valence-electron chi connectivity index (χ4n) is 3.44. The van der Waals surface area contributed by atoms with Crippen LogP contribution in [-0.4, -0.2) is 34.5 Å². The van der Waals surface area contributed by atoms with Gasteiger partial charge < -0.3 is 10.3 Å². The molecule has 1 saturated heterocycles. The van der Waals surface area contributed by atoms with E-state index in [2.05, 4.69) is 9.97 Å². The number of nitrogen functional groups attached to an aromatic ring is 1. The largest absolute Gasteiger partial charge is 0.383 e. The number of anilines is 1. The number of nitrogens with two attached hydrogens (primary N) is 1. The van der Waals surface area contributed by atoms with Crippen LogP contribution in [0.2, 0.25) is 0 Å². The van der Waals surface area contributed by atoms with Crippen LogP contribution in [-0.2, 0) is 15.4 Å². The van der Waals surface area contributed by atoms with E-state index >= 15 is 0 Å². The number of aromatic nitrogens is 3. The van der Waals surface area contributed by atoms with Crippen molar-refractivity contribution in [2.24, 2.45) is 0 Å². The zero-order chi connectivity index (χ0) is 15.6. The Bertz CT molecular complexity index is 854. The highest BCUT2D eigenvalue weighted by Crippen LogP contribution is 2.38. The standard InChI is InChI=1S/C14H20N4O2S/c1-8-9(2)18(14(4)5-6-21(19,20)7-14)13-11(8)12(15)16-10(3)17-13/h5-7H2,1-4H3,(H2,15,16,17). The van der Waals surface area contributed by atoms with Gasteiger partial charge in [0.15, 0.2) is 9.84 Å². The van der Waals surface area contributed by atoms with Crippen molar-refractivity contribution < 1.29 is 8.42 Å². The van der Waals surface area contributed by atoms with Crippen molar-refractivity contribution in [1.29, 1.82) is 0 Å². The molecule has 0 aromatic carbocycles. The van der Waals surface area contributed by atoms with Gasteiger partial charge in [-0.15, -0.1) is 0 Å². The lowest BCUT2D eigenvalue weighted by molar-refractivity contribution is 0.368. The Morgan fingerprint density at radius 1 is 1.24 bits per heavy atom. The van der Waals surface area contributed by atoms with E-state index in [1.54, 1.807) is 6.92 Å². The predicted octanol–water partition coefficient (Wildman–Crippen LogP) is 1.47. The molecular weight excluding hydrogens is 288 g/mol. The molecule has 1 fully saturated rings. The van der Waals surface area contributed by atoms with Crippen LogP contribution in [0.15, 0.2) is 0 Å². The Kier molecular flexibility index (Phi) is 2.86. The van der Waals surface area contributed by atoms with Gasteiger partial charge in [-0.2, -0.15) is 0 Å². The van der Waals surface area contributed by atoms with Crippen molar-refractivity contribution in [1.82, 2.24) is 14.5 Å². The second kappa shape index (κ2) is 4.19. The fourth-order valence-corrected chi connectivity index (χ4v) is 5.55. The van der Waals surface area contributed by atoms with Crippen LogP contribution >= 0.6 is 0 Å². The normalized spacial score (nSPS) is 24.8. The Balaban J connectivity index is 2.36. The van der Waals surface area contributed by atoms with E-state index in [0.717, 1.165) is 22.3 Å². The molecule has 2 aromatic rings. The van der Waals surface area contributed by atoms with Crippen LogP contribution in [0.5, 0.6) is 0 Å². The number of fused-ring (bicyclic) bond motifs is 1. The summed E-state index contributed by atoms with van der Waals surface area (Å²) in [5, 5.41) is 0.837. The molecular formula is C14H20N4O2S. The fraction of sp³-hybridized carbons (Fsp3) is 0.571. The van der Waals surface area contributed by atoms with E-state index in [-0.39, 0.29) is 11.5 Å². The van der Waals surface area contributed by atoms with Gasteiger partial charge in [0.1, 0.15) is 17.3 Å². The molecule has 0 amide bonds. The summed E-state index contributed by atoms with van der Waals surface area (Å²) in [6.45, 7) is 7.75. The van der Waals surface area contributed by atoms with E-state index in [0.29, 0.717) is 18.1 Å². The predicted molar refractivity (Wildman–Crippen MR) is 83.1 cm³/mol. The Morgan fingerprint density at radius 2 is 1.90 bits per heavy atom. The zero-order valence-corrected chi connectivity index (χ0v) is 13.6. The first-order valence-corrected chi connectivity index (χ1v) is 8.79. The summed E-state index contributed by atoms with van der Waals surface area (Å²) < 4.78 is 25.9. The second-order valence-corrected chi connectivity index (χ2v) is 8.42. The number of rotatable bonds is 1. The summed E-state index contributed by atoms with van der Waals surface area (Å²) in [7, 11) is -2.99. The molecule has 2 aromatic heterocycles. The second-order valence-electron chi connectivity index (χ2n) is 6.24. The van der Waals surface area contributed by atoms with Gasteiger partial charge >= 0.3 is 0 Å². The van der Waals surface area contributed by atoms with Gasteiger partial charge in [-0.3, -0.25) is 0 Å². The minimum atomic E-state index is -2.99. The lowest BCUT2D eigenvalue weighted by Crippen LogP contribution is -2.32. The molecule has 0 bridgehead atoms. The maximum atomic E-state index is 11.9. The van der Waals surface area contributed by atoms with E-state index < -0.39 is 15.4 Å². The molecule has 1 aliphatic heterocycles. The summed E-state index contributed by atoms with van der Waals surface area (Å²) in [5.41, 5.74) is 8.36. The molecule has 3 rings (SSSR count). The third-order valence-corrected chi connectivity index (χ3v) is 6.40. The Labute approximate surface area is 124 Å². The van der Waals surface area contributed by atoms with Gasteiger partial charge in [-0.25, -0.2) is 18.4 Å². The number of aryl methyl sites for hydroxylation is 2. The van der Waals surface area contributed by atoms with Gasteiger partial charge in [-0.1, -0.05) is 0 Å². The minimum absolute atomic E-state index is 0.146. The quantitative estimate of drug-likeness (QED) is 0.861. The van der Waals surface area contributed by atoms with Crippen molar-refractivity contribution in [2.45, 2.75) is 39.7 Å². The summed E-state index contributed by atoms with van der Waals surface area (Å²) in [6.07, 6.45) is 0.600. The molecule has 0 saturated carbocycles. The monoisotopic (exact) mass is 308 g/mol. The average molecular weight is 308 g/mol. The maximum absolute atomic E-state index is 11.9. The lowest BCUT2D eigenvalue weighted by Gasteiger charge is -2.27. The Morgan fingerprint density at radius 3 is 2.48 bits per heavy atom. The number of sulfone groups is 1. The van der Waals surface area contributed by atoms with E-state index in [1.165, 1.54) is 0 Å².